The number of ether oxygens (including phenoxy) is 1. The SMILES string of the molecule is N#Cc1ccc(N2CCC(c3ccc(OCCCCC4CCN(c5ccc6c(c5)CN(C5CCC(=O)NC5=O)C6=O)CC4)cc3)CC2)cc1C(F)(F)F. The number of alkyl halides is 3. The van der Waals surface area contributed by atoms with E-state index in [0.717, 1.165) is 81.1 Å². The van der Waals surface area contributed by atoms with Crippen LogP contribution in [0.5, 0.6) is 5.75 Å². The molecule has 3 amide bonds. The average Bonchev–Trinajstić information content (AvgIpc) is 3.49. The normalized spacial score (nSPS) is 20.0. The van der Waals surface area contributed by atoms with Gasteiger partial charge in [-0.05, 0) is 116 Å². The maximum atomic E-state index is 13.4. The van der Waals surface area contributed by atoms with Crippen LogP contribution in [0.3, 0.4) is 0 Å². The largest absolute Gasteiger partial charge is 0.494 e. The molecule has 12 heteroatoms. The Kier molecular flexibility index (Phi) is 10.6. The summed E-state index contributed by atoms with van der Waals surface area (Å²) in [5.41, 5.74) is 3.16. The first kappa shape index (κ1) is 36.3. The third-order valence-corrected chi connectivity index (χ3v) is 11.4. The van der Waals surface area contributed by atoms with Gasteiger partial charge >= 0.3 is 6.18 Å². The topological polar surface area (TPSA) is 106 Å². The van der Waals surface area contributed by atoms with Crippen LogP contribution < -0.4 is 19.9 Å². The molecule has 0 aromatic heterocycles. The fourth-order valence-corrected chi connectivity index (χ4v) is 8.33. The number of rotatable bonds is 10. The second-order valence-electron chi connectivity index (χ2n) is 14.7. The van der Waals surface area contributed by atoms with Gasteiger partial charge in [0.05, 0.1) is 23.8 Å². The van der Waals surface area contributed by atoms with Gasteiger partial charge in [-0.3, -0.25) is 19.7 Å². The standard InChI is InChI=1S/C41H44F3N5O4/c42-41(43,44)36-24-33(7-4-30(36)25-45)48-20-16-29(17-21-48)28-5-9-34(10-6-28)53-22-2-1-3-27-14-18-47(19-15-27)32-8-11-35-31(23-32)26-49(40(35)52)37-12-13-38(50)46-39(37)51/h4-11,23-24,27,29,37H,1-3,12-22,26H2,(H,46,50,51). The quantitative estimate of drug-likeness (QED) is 0.174. The summed E-state index contributed by atoms with van der Waals surface area (Å²) in [5.74, 6) is 1.01. The molecule has 0 bridgehead atoms. The zero-order valence-electron chi connectivity index (χ0n) is 29.7. The lowest BCUT2D eigenvalue weighted by Crippen LogP contribution is -2.52. The van der Waals surface area contributed by atoms with Gasteiger partial charge in [0.2, 0.25) is 11.8 Å². The number of nitrogens with zero attached hydrogens (tertiary/aromatic N) is 4. The molecular weight excluding hydrogens is 683 g/mol. The van der Waals surface area contributed by atoms with Gasteiger partial charge < -0.3 is 19.4 Å². The Morgan fingerprint density at radius 2 is 1.51 bits per heavy atom. The van der Waals surface area contributed by atoms with Crippen LogP contribution in [-0.2, 0) is 22.3 Å². The van der Waals surface area contributed by atoms with Crippen LogP contribution in [0.1, 0.15) is 96.3 Å². The lowest BCUT2D eigenvalue weighted by atomic mass is 9.89. The molecule has 278 valence electrons. The zero-order valence-corrected chi connectivity index (χ0v) is 29.7. The number of fused-ring (bicyclic) bond motifs is 1. The van der Waals surface area contributed by atoms with Crippen molar-refractivity contribution in [1.82, 2.24) is 10.2 Å². The molecule has 1 unspecified atom stereocenters. The highest BCUT2D eigenvalue weighted by atomic mass is 19.4. The first-order chi connectivity index (χ1) is 25.6. The summed E-state index contributed by atoms with van der Waals surface area (Å²) in [7, 11) is 0. The minimum atomic E-state index is -4.56. The Bertz CT molecular complexity index is 1880. The molecule has 1 atom stereocenters. The molecule has 4 heterocycles. The second-order valence-corrected chi connectivity index (χ2v) is 14.7. The third-order valence-electron chi connectivity index (χ3n) is 11.4. The molecule has 4 aliphatic rings. The number of carbonyl (C=O) groups is 3. The number of anilines is 2. The third kappa shape index (κ3) is 8.14. The number of hydrogen-bond donors (Lipinski definition) is 1. The van der Waals surface area contributed by atoms with Crippen molar-refractivity contribution < 1.29 is 32.3 Å². The molecule has 3 aromatic rings. The molecule has 0 aliphatic carbocycles. The maximum absolute atomic E-state index is 13.4. The molecule has 4 aliphatic heterocycles. The number of nitriles is 1. The molecule has 9 nitrogen and oxygen atoms in total. The summed E-state index contributed by atoms with van der Waals surface area (Å²) in [4.78, 5) is 42.9. The number of unbranched alkanes of at least 4 members (excludes halogenated alkanes) is 1. The fraction of sp³-hybridized carbons (Fsp3) is 0.463. The van der Waals surface area contributed by atoms with Gasteiger partial charge in [-0.2, -0.15) is 18.4 Å². The van der Waals surface area contributed by atoms with E-state index in [4.69, 9.17) is 10.00 Å². The molecule has 3 fully saturated rings. The number of nitrogens with one attached hydrogen (secondary N) is 1. The molecule has 0 saturated carbocycles. The minimum absolute atomic E-state index is 0.146. The number of piperidine rings is 3. The van der Waals surface area contributed by atoms with E-state index in [1.807, 2.05) is 29.2 Å². The van der Waals surface area contributed by atoms with Gasteiger partial charge in [0, 0.05) is 56.1 Å². The number of benzene rings is 3. The molecule has 7 rings (SSSR count). The van der Waals surface area contributed by atoms with Crippen LogP contribution in [0.4, 0.5) is 24.5 Å². The number of imide groups is 1. The molecule has 0 spiro atoms. The van der Waals surface area contributed by atoms with Crippen LogP contribution in [0.15, 0.2) is 60.7 Å². The Morgan fingerprint density at radius 1 is 0.830 bits per heavy atom. The summed E-state index contributed by atoms with van der Waals surface area (Å²) >= 11 is 0. The monoisotopic (exact) mass is 727 g/mol. The lowest BCUT2D eigenvalue weighted by Gasteiger charge is -2.34. The van der Waals surface area contributed by atoms with Gasteiger partial charge in [-0.1, -0.05) is 18.6 Å². The Hall–Kier alpha value is -5.05. The highest BCUT2D eigenvalue weighted by Gasteiger charge is 2.39. The van der Waals surface area contributed by atoms with Crippen molar-refractivity contribution in [2.45, 2.75) is 82.5 Å². The van der Waals surface area contributed by atoms with Crippen molar-refractivity contribution in [3.63, 3.8) is 0 Å². The molecule has 0 radical (unpaired) electrons. The summed E-state index contributed by atoms with van der Waals surface area (Å²) in [6.07, 6.45) is 3.18. The van der Waals surface area contributed by atoms with Crippen molar-refractivity contribution in [2.24, 2.45) is 5.92 Å². The van der Waals surface area contributed by atoms with E-state index in [2.05, 4.69) is 28.4 Å². The summed E-state index contributed by atoms with van der Waals surface area (Å²) in [6, 6.07) is 19.2. The first-order valence-electron chi connectivity index (χ1n) is 18.7. The second kappa shape index (κ2) is 15.5. The smallest absolute Gasteiger partial charge is 0.417 e. The van der Waals surface area contributed by atoms with Crippen LogP contribution in [0.2, 0.25) is 0 Å². The van der Waals surface area contributed by atoms with E-state index >= 15 is 0 Å². The van der Waals surface area contributed by atoms with Crippen molar-refractivity contribution in [3.8, 4) is 11.8 Å². The van der Waals surface area contributed by atoms with Crippen molar-refractivity contribution in [2.75, 3.05) is 42.6 Å². The van der Waals surface area contributed by atoms with E-state index in [1.54, 1.807) is 17.0 Å². The zero-order chi connectivity index (χ0) is 37.1. The van der Waals surface area contributed by atoms with Crippen LogP contribution >= 0.6 is 0 Å². The van der Waals surface area contributed by atoms with Gasteiger partial charge in [0.15, 0.2) is 0 Å². The number of carbonyl (C=O) groups excluding carboxylic acids is 3. The van der Waals surface area contributed by atoms with Gasteiger partial charge in [-0.15, -0.1) is 0 Å². The Morgan fingerprint density at radius 3 is 2.19 bits per heavy atom. The minimum Gasteiger partial charge on any atom is -0.494 e. The van der Waals surface area contributed by atoms with Crippen molar-refractivity contribution in [1.29, 1.82) is 5.26 Å². The van der Waals surface area contributed by atoms with E-state index < -0.39 is 23.7 Å². The molecule has 3 saturated heterocycles. The molecule has 53 heavy (non-hydrogen) atoms. The predicted octanol–water partition coefficient (Wildman–Crippen LogP) is 7.19. The first-order valence-corrected chi connectivity index (χ1v) is 18.7. The molecule has 3 aromatic carbocycles. The maximum Gasteiger partial charge on any atom is 0.417 e. The van der Waals surface area contributed by atoms with E-state index in [0.29, 0.717) is 55.7 Å². The fourth-order valence-electron chi connectivity index (χ4n) is 8.33. The summed E-state index contributed by atoms with van der Waals surface area (Å²) in [6.45, 7) is 4.26. The van der Waals surface area contributed by atoms with E-state index in [9.17, 15) is 27.6 Å². The number of amides is 3. The van der Waals surface area contributed by atoms with Crippen molar-refractivity contribution >= 4 is 29.1 Å². The van der Waals surface area contributed by atoms with Crippen LogP contribution in [0.25, 0.3) is 0 Å². The van der Waals surface area contributed by atoms with Crippen molar-refractivity contribution in [3.05, 3.63) is 88.5 Å². The lowest BCUT2D eigenvalue weighted by molar-refractivity contribution is -0.138. The Labute approximate surface area is 307 Å². The van der Waals surface area contributed by atoms with E-state index in [1.165, 1.54) is 11.6 Å². The summed E-state index contributed by atoms with van der Waals surface area (Å²) < 4.78 is 46.4. The number of hydrogen-bond acceptors (Lipinski definition) is 7. The highest BCUT2D eigenvalue weighted by molar-refractivity contribution is 6.05. The van der Waals surface area contributed by atoms with Crippen LogP contribution in [-0.4, -0.2) is 61.4 Å². The predicted molar refractivity (Wildman–Crippen MR) is 194 cm³/mol. The highest BCUT2D eigenvalue weighted by Crippen LogP contribution is 2.37. The summed E-state index contributed by atoms with van der Waals surface area (Å²) in [5, 5.41) is 11.4. The number of halogens is 3. The van der Waals surface area contributed by atoms with Gasteiger partial charge in [-0.25, -0.2) is 0 Å². The van der Waals surface area contributed by atoms with Gasteiger partial charge in [0.25, 0.3) is 5.91 Å². The van der Waals surface area contributed by atoms with Crippen LogP contribution in [0, 0.1) is 17.2 Å². The van der Waals surface area contributed by atoms with Gasteiger partial charge in [0.1, 0.15) is 11.8 Å². The molecule has 1 N–H and O–H groups in total. The molecular formula is C41H44F3N5O4. The Balaban J connectivity index is 0.800. The van der Waals surface area contributed by atoms with E-state index in [-0.39, 0.29) is 23.8 Å². The average molecular weight is 728 g/mol.